The van der Waals surface area contributed by atoms with Gasteiger partial charge in [-0.2, -0.15) is 34.3 Å². The molecule has 0 aromatic carbocycles. The molecule has 0 aliphatic carbocycles. The fourth-order valence-corrected chi connectivity index (χ4v) is 2.01. The van der Waals surface area contributed by atoms with Gasteiger partial charge in [-0.3, -0.25) is 0 Å². The number of nitrogens with zero attached hydrogens (tertiary/aromatic N) is 1. The predicted molar refractivity (Wildman–Crippen MR) is 61.6 cm³/mol. The summed E-state index contributed by atoms with van der Waals surface area (Å²) in [5, 5.41) is 11.9. The van der Waals surface area contributed by atoms with Crippen molar-refractivity contribution in [2.24, 2.45) is 0 Å². The van der Waals surface area contributed by atoms with Gasteiger partial charge in [-0.15, -0.1) is 0 Å². The van der Waals surface area contributed by atoms with Crippen molar-refractivity contribution < 1.29 is 22.7 Å². The zero-order chi connectivity index (χ0) is 13.9. The Morgan fingerprint density at radius 2 is 1.72 bits per heavy atom. The topological polar surface area (TPSA) is 45.1 Å². The van der Waals surface area contributed by atoms with E-state index < -0.39 is 34.8 Å². The van der Waals surface area contributed by atoms with E-state index in [0.717, 1.165) is 0 Å². The van der Waals surface area contributed by atoms with E-state index in [4.69, 9.17) is 0 Å². The van der Waals surface area contributed by atoms with E-state index in [-0.39, 0.29) is 6.54 Å². The minimum absolute atomic E-state index is 0.259. The van der Waals surface area contributed by atoms with Crippen molar-refractivity contribution >= 4 is 17.4 Å². The second-order valence-electron chi connectivity index (χ2n) is 3.98. The summed E-state index contributed by atoms with van der Waals surface area (Å²) in [4.78, 5) is 2.42. The van der Waals surface area contributed by atoms with Crippen molar-refractivity contribution in [2.45, 2.75) is 12.5 Å². The molecule has 1 aromatic heterocycles. The number of hydrogen-bond acceptors (Lipinski definition) is 4. The van der Waals surface area contributed by atoms with Crippen LogP contribution in [-0.2, 0) is 0 Å². The van der Waals surface area contributed by atoms with Gasteiger partial charge in [-0.1, -0.05) is 0 Å². The average Bonchev–Trinajstić information content (AvgIpc) is 2.26. The minimum Gasteiger partial charge on any atom is -0.387 e. The molecule has 0 fully saturated rings. The zero-order valence-corrected chi connectivity index (χ0v) is 10.5. The molecule has 0 amide bonds. The second-order valence-corrected chi connectivity index (χ2v) is 4.85. The molecule has 1 aromatic rings. The summed E-state index contributed by atoms with van der Waals surface area (Å²) in [5.74, 6) is -6.41. The largest absolute Gasteiger partial charge is 0.387 e. The van der Waals surface area contributed by atoms with Crippen molar-refractivity contribution in [1.82, 2.24) is 4.98 Å². The van der Waals surface area contributed by atoms with Crippen LogP contribution in [0.4, 0.5) is 23.2 Å². The van der Waals surface area contributed by atoms with Crippen LogP contribution in [0, 0.1) is 23.5 Å². The first-order valence-electron chi connectivity index (χ1n) is 4.93. The molecule has 0 spiro atoms. The fraction of sp³-hybridized carbons (Fsp3) is 0.500. The number of pyridine rings is 1. The first-order valence-corrected chi connectivity index (χ1v) is 6.33. The van der Waals surface area contributed by atoms with Crippen molar-refractivity contribution in [3.05, 3.63) is 23.5 Å². The van der Waals surface area contributed by atoms with E-state index in [1.165, 1.54) is 18.7 Å². The molecule has 1 unspecified atom stereocenters. The molecule has 18 heavy (non-hydrogen) atoms. The number of aliphatic hydroxyl groups is 1. The van der Waals surface area contributed by atoms with Crippen LogP contribution in [0.15, 0.2) is 0 Å². The van der Waals surface area contributed by atoms with Crippen LogP contribution in [-0.4, -0.2) is 34.2 Å². The van der Waals surface area contributed by atoms with Crippen LogP contribution in [0.1, 0.15) is 6.92 Å². The van der Waals surface area contributed by atoms with Gasteiger partial charge < -0.3 is 10.4 Å². The van der Waals surface area contributed by atoms with E-state index >= 15 is 0 Å². The molecular formula is C10H12F4N2OS. The minimum atomic E-state index is -1.74. The lowest BCUT2D eigenvalue weighted by atomic mass is 10.1. The summed E-state index contributed by atoms with van der Waals surface area (Å²) in [6.45, 7) is 1.17. The third kappa shape index (κ3) is 3.49. The summed E-state index contributed by atoms with van der Waals surface area (Å²) in [6, 6.07) is 0. The molecule has 3 nitrogen and oxygen atoms in total. The maximum atomic E-state index is 13.2. The number of halogens is 4. The van der Waals surface area contributed by atoms with Gasteiger partial charge in [0.2, 0.25) is 11.6 Å². The van der Waals surface area contributed by atoms with Crippen molar-refractivity contribution in [3.63, 3.8) is 0 Å². The molecule has 0 radical (unpaired) electrons. The summed E-state index contributed by atoms with van der Waals surface area (Å²) < 4.78 is 52.0. The lowest BCUT2D eigenvalue weighted by molar-refractivity contribution is 0.0995. The van der Waals surface area contributed by atoms with Crippen molar-refractivity contribution in [1.29, 1.82) is 0 Å². The Kier molecular flexibility index (Phi) is 4.80. The van der Waals surface area contributed by atoms with E-state index in [1.807, 2.05) is 0 Å². The normalized spacial score (nSPS) is 14.4. The number of thioether (sulfide) groups is 1. The molecule has 0 aliphatic rings. The van der Waals surface area contributed by atoms with Crippen LogP contribution in [0.25, 0.3) is 0 Å². The summed E-state index contributed by atoms with van der Waals surface area (Å²) in [6.07, 6.45) is 1.74. The van der Waals surface area contributed by atoms with E-state index in [1.54, 1.807) is 6.26 Å². The number of nitrogens with one attached hydrogen (secondary N) is 1. The molecule has 102 valence electrons. The molecule has 0 saturated heterocycles. The monoisotopic (exact) mass is 284 g/mol. The van der Waals surface area contributed by atoms with Gasteiger partial charge in [0.15, 0.2) is 0 Å². The Bertz CT molecular complexity index is 416. The van der Waals surface area contributed by atoms with Gasteiger partial charge in [-0.25, -0.2) is 0 Å². The highest BCUT2D eigenvalue weighted by atomic mass is 32.2. The predicted octanol–water partition coefficient (Wildman–Crippen LogP) is 2.16. The van der Waals surface area contributed by atoms with Gasteiger partial charge in [0, 0.05) is 12.3 Å². The van der Waals surface area contributed by atoms with Gasteiger partial charge in [-0.05, 0) is 13.2 Å². The van der Waals surface area contributed by atoms with Gasteiger partial charge in [0.25, 0.3) is 11.9 Å². The number of rotatable bonds is 5. The molecular weight excluding hydrogens is 272 g/mol. The number of aromatic nitrogens is 1. The molecule has 0 aliphatic heterocycles. The Balaban J connectivity index is 2.91. The van der Waals surface area contributed by atoms with E-state index in [2.05, 4.69) is 10.3 Å². The quantitative estimate of drug-likeness (QED) is 0.642. The lowest BCUT2D eigenvalue weighted by Crippen LogP contribution is -2.36. The standard InChI is InChI=1S/C10H12F4N2OS/c1-10(17,4-18-2)3-15-7-5(11)8(13)16-9(14)6(7)12/h17H,3-4H2,1-2H3,(H,15,16). The molecule has 1 atom stereocenters. The third-order valence-corrected chi connectivity index (χ3v) is 3.01. The third-order valence-electron chi connectivity index (χ3n) is 2.10. The lowest BCUT2D eigenvalue weighted by Gasteiger charge is -2.23. The highest BCUT2D eigenvalue weighted by Gasteiger charge is 2.24. The van der Waals surface area contributed by atoms with Crippen molar-refractivity contribution in [2.75, 3.05) is 23.9 Å². The zero-order valence-electron chi connectivity index (χ0n) is 9.73. The highest BCUT2D eigenvalue weighted by molar-refractivity contribution is 7.98. The second kappa shape index (κ2) is 5.75. The van der Waals surface area contributed by atoms with Gasteiger partial charge >= 0.3 is 0 Å². The Hall–Kier alpha value is -1.02. The van der Waals surface area contributed by atoms with E-state index in [0.29, 0.717) is 5.75 Å². The van der Waals surface area contributed by atoms with Crippen LogP contribution in [0.5, 0.6) is 0 Å². The number of hydrogen-bond donors (Lipinski definition) is 2. The van der Waals surface area contributed by atoms with Gasteiger partial charge in [0.1, 0.15) is 5.69 Å². The Labute approximate surface area is 106 Å². The molecule has 1 heterocycles. The average molecular weight is 284 g/mol. The Morgan fingerprint density at radius 3 is 2.17 bits per heavy atom. The van der Waals surface area contributed by atoms with Crippen LogP contribution < -0.4 is 5.32 Å². The smallest absolute Gasteiger partial charge is 0.253 e. The summed E-state index contributed by atoms with van der Waals surface area (Å²) in [5.41, 5.74) is -2.24. The molecule has 8 heteroatoms. The molecule has 0 saturated carbocycles. The first kappa shape index (κ1) is 15.0. The molecule has 2 N–H and O–H groups in total. The SMILES string of the molecule is CSCC(C)(O)CNc1c(F)c(F)nc(F)c1F. The highest BCUT2D eigenvalue weighted by Crippen LogP contribution is 2.23. The van der Waals surface area contributed by atoms with Crippen LogP contribution >= 0.6 is 11.8 Å². The maximum Gasteiger partial charge on any atom is 0.253 e. The molecule has 1 rings (SSSR count). The molecule has 0 bridgehead atoms. The van der Waals surface area contributed by atoms with E-state index in [9.17, 15) is 22.7 Å². The van der Waals surface area contributed by atoms with Gasteiger partial charge in [0.05, 0.1) is 5.60 Å². The summed E-state index contributed by atoms with van der Waals surface area (Å²) in [7, 11) is 0. The van der Waals surface area contributed by atoms with Crippen molar-refractivity contribution in [3.8, 4) is 0 Å². The maximum absolute atomic E-state index is 13.2. The summed E-state index contributed by atoms with van der Waals surface area (Å²) >= 11 is 1.32. The fourth-order valence-electron chi connectivity index (χ4n) is 1.28. The van der Waals surface area contributed by atoms with Crippen LogP contribution in [0.3, 0.4) is 0 Å². The first-order chi connectivity index (χ1) is 8.28. The number of anilines is 1. The van der Waals surface area contributed by atoms with Crippen LogP contribution in [0.2, 0.25) is 0 Å². The Morgan fingerprint density at radius 1 is 1.22 bits per heavy atom.